The van der Waals surface area contributed by atoms with Crippen molar-refractivity contribution in [2.75, 3.05) is 5.32 Å². The molecule has 2 aromatic heterocycles. The minimum Gasteiger partial charge on any atom is -0.434 e. The molecule has 0 aliphatic rings. The molecular formula is C20H13ClN4O4. The SMILES string of the molecule is Cc1ccc(-c2nc3ncccc3o2)cc1NC(=O)c1cc([N+](=O)[O-])ccc1Cl. The molecule has 9 heteroatoms. The van der Waals surface area contributed by atoms with Gasteiger partial charge in [-0.25, -0.2) is 4.98 Å². The summed E-state index contributed by atoms with van der Waals surface area (Å²) in [6.07, 6.45) is 1.62. The van der Waals surface area contributed by atoms with E-state index in [2.05, 4.69) is 15.3 Å². The number of fused-ring (bicyclic) bond motifs is 1. The van der Waals surface area contributed by atoms with Crippen molar-refractivity contribution in [1.82, 2.24) is 9.97 Å². The highest BCUT2D eigenvalue weighted by Crippen LogP contribution is 2.29. The Morgan fingerprint density at radius 1 is 1.21 bits per heavy atom. The number of nitro benzene ring substituents is 1. The molecule has 144 valence electrons. The number of benzene rings is 2. The minimum absolute atomic E-state index is 0.0109. The molecule has 2 aromatic carbocycles. The Morgan fingerprint density at radius 2 is 2.03 bits per heavy atom. The van der Waals surface area contributed by atoms with Gasteiger partial charge in [-0.3, -0.25) is 14.9 Å². The largest absolute Gasteiger partial charge is 0.434 e. The van der Waals surface area contributed by atoms with Gasteiger partial charge >= 0.3 is 0 Å². The fraction of sp³-hybridized carbons (Fsp3) is 0.0500. The zero-order valence-electron chi connectivity index (χ0n) is 15.0. The topological polar surface area (TPSA) is 111 Å². The minimum atomic E-state index is -0.583. The number of nitrogens with one attached hydrogen (secondary N) is 1. The first-order valence-corrected chi connectivity index (χ1v) is 8.88. The van der Waals surface area contributed by atoms with Crippen LogP contribution in [0, 0.1) is 17.0 Å². The molecule has 8 nitrogen and oxygen atoms in total. The van der Waals surface area contributed by atoms with Gasteiger partial charge in [0.1, 0.15) is 0 Å². The second-order valence-electron chi connectivity index (χ2n) is 6.25. The van der Waals surface area contributed by atoms with E-state index in [9.17, 15) is 14.9 Å². The number of carbonyl (C=O) groups excluding carboxylic acids is 1. The number of aromatic nitrogens is 2. The zero-order valence-corrected chi connectivity index (χ0v) is 15.8. The summed E-state index contributed by atoms with van der Waals surface area (Å²) in [4.78, 5) is 31.6. The monoisotopic (exact) mass is 408 g/mol. The average Bonchev–Trinajstić information content (AvgIpc) is 3.14. The standard InChI is InChI=1S/C20H13ClN4O4/c1-11-4-5-12(20-24-18-17(29-20)3-2-8-22-18)9-16(11)23-19(26)14-10-13(25(27)28)6-7-15(14)21/h2-10H,1H3,(H,23,26). The summed E-state index contributed by atoms with van der Waals surface area (Å²) in [5.74, 6) is -0.194. The fourth-order valence-corrected chi connectivity index (χ4v) is 2.98. The molecule has 0 radical (unpaired) electrons. The molecule has 4 aromatic rings. The molecule has 2 heterocycles. The van der Waals surface area contributed by atoms with Crippen LogP contribution in [0.25, 0.3) is 22.7 Å². The molecule has 0 saturated carbocycles. The molecule has 0 spiro atoms. The third-order valence-electron chi connectivity index (χ3n) is 4.30. The van der Waals surface area contributed by atoms with Crippen molar-refractivity contribution in [2.45, 2.75) is 6.92 Å². The van der Waals surface area contributed by atoms with Gasteiger partial charge in [-0.1, -0.05) is 17.7 Å². The van der Waals surface area contributed by atoms with E-state index in [-0.39, 0.29) is 16.3 Å². The van der Waals surface area contributed by atoms with E-state index >= 15 is 0 Å². The van der Waals surface area contributed by atoms with Gasteiger partial charge in [0.25, 0.3) is 11.6 Å². The number of oxazole rings is 1. The van der Waals surface area contributed by atoms with Gasteiger partial charge in [-0.15, -0.1) is 0 Å². The molecule has 1 N–H and O–H groups in total. The van der Waals surface area contributed by atoms with Gasteiger partial charge in [-0.05, 0) is 42.8 Å². The van der Waals surface area contributed by atoms with Crippen molar-refractivity contribution in [1.29, 1.82) is 0 Å². The van der Waals surface area contributed by atoms with E-state index in [1.54, 1.807) is 24.4 Å². The van der Waals surface area contributed by atoms with Crippen molar-refractivity contribution in [2.24, 2.45) is 0 Å². The number of pyridine rings is 1. The van der Waals surface area contributed by atoms with Crippen molar-refractivity contribution >= 4 is 40.1 Å². The van der Waals surface area contributed by atoms with Crippen LogP contribution in [0.3, 0.4) is 0 Å². The lowest BCUT2D eigenvalue weighted by Gasteiger charge is -2.10. The predicted octanol–water partition coefficient (Wildman–Crippen LogP) is 5.01. The molecule has 1 amide bonds. The van der Waals surface area contributed by atoms with E-state index in [4.69, 9.17) is 16.0 Å². The zero-order chi connectivity index (χ0) is 20.5. The van der Waals surface area contributed by atoms with Crippen LogP contribution in [-0.4, -0.2) is 20.8 Å². The lowest BCUT2D eigenvalue weighted by molar-refractivity contribution is -0.384. The number of hydrogen-bond donors (Lipinski definition) is 1. The second-order valence-corrected chi connectivity index (χ2v) is 6.66. The smallest absolute Gasteiger partial charge is 0.270 e. The number of amides is 1. The number of nitro groups is 1. The van der Waals surface area contributed by atoms with Crippen molar-refractivity contribution in [3.05, 3.63) is 81.0 Å². The van der Waals surface area contributed by atoms with E-state index < -0.39 is 10.8 Å². The molecule has 0 aliphatic heterocycles. The number of non-ortho nitro benzene ring substituents is 1. The van der Waals surface area contributed by atoms with Gasteiger partial charge in [0.2, 0.25) is 5.89 Å². The normalized spacial score (nSPS) is 10.8. The van der Waals surface area contributed by atoms with Crippen LogP contribution >= 0.6 is 11.6 Å². The maximum absolute atomic E-state index is 12.7. The van der Waals surface area contributed by atoms with E-state index in [1.807, 2.05) is 19.1 Å². The van der Waals surface area contributed by atoms with Gasteiger partial charge in [0.05, 0.1) is 15.5 Å². The molecule has 0 bridgehead atoms. The quantitative estimate of drug-likeness (QED) is 0.375. The fourth-order valence-electron chi connectivity index (χ4n) is 2.77. The Balaban J connectivity index is 1.67. The summed E-state index contributed by atoms with van der Waals surface area (Å²) in [5, 5.41) is 13.8. The summed E-state index contributed by atoms with van der Waals surface area (Å²) in [6.45, 7) is 1.82. The number of anilines is 1. The summed E-state index contributed by atoms with van der Waals surface area (Å²) >= 11 is 6.06. The third kappa shape index (κ3) is 3.65. The summed E-state index contributed by atoms with van der Waals surface area (Å²) < 4.78 is 5.72. The lowest BCUT2D eigenvalue weighted by atomic mass is 10.1. The molecule has 0 unspecified atom stereocenters. The number of hydrogen-bond acceptors (Lipinski definition) is 6. The molecular weight excluding hydrogens is 396 g/mol. The highest BCUT2D eigenvalue weighted by atomic mass is 35.5. The molecule has 0 fully saturated rings. The van der Waals surface area contributed by atoms with E-state index in [0.717, 1.165) is 11.6 Å². The number of rotatable bonds is 4. The summed E-state index contributed by atoms with van der Waals surface area (Å²) in [7, 11) is 0. The second kappa shape index (κ2) is 7.33. The Kier molecular flexibility index (Phi) is 4.69. The maximum atomic E-state index is 12.7. The highest BCUT2D eigenvalue weighted by Gasteiger charge is 2.17. The molecule has 29 heavy (non-hydrogen) atoms. The Morgan fingerprint density at radius 3 is 2.79 bits per heavy atom. The van der Waals surface area contributed by atoms with Gasteiger partial charge < -0.3 is 9.73 Å². The van der Waals surface area contributed by atoms with Crippen LogP contribution in [-0.2, 0) is 0 Å². The first-order valence-electron chi connectivity index (χ1n) is 8.50. The molecule has 4 rings (SSSR count). The average molecular weight is 409 g/mol. The van der Waals surface area contributed by atoms with Crippen LogP contribution in [0.15, 0.2) is 59.1 Å². The van der Waals surface area contributed by atoms with Gasteiger partial charge in [-0.2, -0.15) is 4.98 Å². The lowest BCUT2D eigenvalue weighted by Crippen LogP contribution is -2.13. The number of halogens is 1. The predicted molar refractivity (Wildman–Crippen MR) is 108 cm³/mol. The third-order valence-corrected chi connectivity index (χ3v) is 4.63. The van der Waals surface area contributed by atoms with Crippen LogP contribution in [0.4, 0.5) is 11.4 Å². The number of carbonyl (C=O) groups is 1. The molecule has 0 aliphatic carbocycles. The van der Waals surface area contributed by atoms with Crippen molar-refractivity contribution in [3.63, 3.8) is 0 Å². The van der Waals surface area contributed by atoms with E-state index in [0.29, 0.717) is 28.4 Å². The van der Waals surface area contributed by atoms with Crippen LogP contribution in [0.5, 0.6) is 0 Å². The Bertz CT molecular complexity index is 1240. The van der Waals surface area contributed by atoms with Crippen molar-refractivity contribution in [3.8, 4) is 11.5 Å². The number of aryl methyl sites for hydroxylation is 1. The van der Waals surface area contributed by atoms with Gasteiger partial charge in [0.15, 0.2) is 11.2 Å². The van der Waals surface area contributed by atoms with Crippen molar-refractivity contribution < 1.29 is 14.1 Å². The number of nitrogens with zero attached hydrogens (tertiary/aromatic N) is 3. The molecule has 0 saturated heterocycles. The van der Waals surface area contributed by atoms with Crippen LogP contribution in [0.2, 0.25) is 5.02 Å². The summed E-state index contributed by atoms with van der Waals surface area (Å²) in [6, 6.07) is 12.6. The first-order chi connectivity index (χ1) is 13.9. The Labute approximate surface area is 169 Å². The first kappa shape index (κ1) is 18.6. The Hall–Kier alpha value is -3.78. The maximum Gasteiger partial charge on any atom is 0.270 e. The van der Waals surface area contributed by atoms with E-state index in [1.165, 1.54) is 12.1 Å². The van der Waals surface area contributed by atoms with Gasteiger partial charge in [0, 0.05) is 29.6 Å². The summed E-state index contributed by atoms with van der Waals surface area (Å²) in [5.41, 5.74) is 2.77. The molecule has 0 atom stereocenters. The highest BCUT2D eigenvalue weighted by molar-refractivity contribution is 6.34. The van der Waals surface area contributed by atoms with Crippen LogP contribution < -0.4 is 5.32 Å². The van der Waals surface area contributed by atoms with Crippen LogP contribution in [0.1, 0.15) is 15.9 Å².